The highest BCUT2D eigenvalue weighted by Crippen LogP contribution is 2.16. The lowest BCUT2D eigenvalue weighted by Gasteiger charge is -2.19. The second kappa shape index (κ2) is 4.03. The van der Waals surface area contributed by atoms with Crippen LogP contribution in [0.25, 0.3) is 0 Å². The van der Waals surface area contributed by atoms with Crippen LogP contribution < -0.4 is 4.89 Å². The summed E-state index contributed by atoms with van der Waals surface area (Å²) in [5, 5.41) is 0. The molecule has 0 aromatic rings. The number of hydrogen-bond donors (Lipinski definition) is 1. The van der Waals surface area contributed by atoms with Gasteiger partial charge in [0.2, 0.25) is 10.0 Å². The minimum atomic E-state index is -4.56. The Balaban J connectivity index is 4.17. The largest absolute Gasteiger partial charge is 0.413 e. The fraction of sp³-hybridized carbons (Fsp3) is 1.00. The second-order valence-electron chi connectivity index (χ2n) is 3.60. The Labute approximate surface area is 80.4 Å². The van der Waals surface area contributed by atoms with Crippen LogP contribution in [0.4, 0.5) is 13.2 Å². The molecule has 0 spiro atoms. The molecule has 0 atom stereocenters. The van der Waals surface area contributed by atoms with E-state index in [1.807, 2.05) is 0 Å². The molecular formula is C6H12F3NO3S. The molecule has 86 valence electrons. The van der Waals surface area contributed by atoms with E-state index in [-0.39, 0.29) is 0 Å². The Morgan fingerprint density at radius 3 is 1.93 bits per heavy atom. The van der Waals surface area contributed by atoms with E-state index in [4.69, 9.17) is 0 Å². The van der Waals surface area contributed by atoms with E-state index >= 15 is 0 Å². The van der Waals surface area contributed by atoms with E-state index in [9.17, 15) is 21.6 Å². The maximum Gasteiger partial charge on any atom is 0.413 e. The van der Waals surface area contributed by atoms with E-state index < -0.39 is 27.6 Å². The molecule has 0 rings (SSSR count). The van der Waals surface area contributed by atoms with Gasteiger partial charge in [0.15, 0.2) is 6.61 Å². The minimum Gasteiger partial charge on any atom is -0.278 e. The van der Waals surface area contributed by atoms with Crippen LogP contribution in [0, 0.1) is 0 Å². The van der Waals surface area contributed by atoms with Gasteiger partial charge in [0.25, 0.3) is 0 Å². The molecule has 1 N–H and O–H groups in total. The average molecular weight is 235 g/mol. The Morgan fingerprint density at radius 2 is 1.64 bits per heavy atom. The molecule has 0 saturated carbocycles. The third-order valence-corrected chi connectivity index (χ3v) is 3.16. The van der Waals surface area contributed by atoms with Gasteiger partial charge < -0.3 is 0 Å². The standard InChI is InChI=1S/C6H12F3NO3S/c1-5(2,3)14(11,12)10-13-4-6(7,8)9/h10H,4H2,1-3H3. The number of hydrogen-bond acceptors (Lipinski definition) is 3. The first-order valence-corrected chi connectivity index (χ1v) is 5.14. The average Bonchev–Trinajstić information content (AvgIpc) is 1.80. The van der Waals surface area contributed by atoms with Crippen molar-refractivity contribution in [3.8, 4) is 0 Å². The monoisotopic (exact) mass is 235 g/mol. The quantitative estimate of drug-likeness (QED) is 0.748. The first-order chi connectivity index (χ1) is 5.96. The van der Waals surface area contributed by atoms with Crippen LogP contribution in [0.3, 0.4) is 0 Å². The molecular weight excluding hydrogens is 223 g/mol. The summed E-state index contributed by atoms with van der Waals surface area (Å²) in [7, 11) is -3.89. The lowest BCUT2D eigenvalue weighted by atomic mass is 10.3. The van der Waals surface area contributed by atoms with Gasteiger partial charge in [-0.1, -0.05) is 4.89 Å². The molecule has 14 heavy (non-hydrogen) atoms. The Hall–Kier alpha value is -0.340. The van der Waals surface area contributed by atoms with Crippen LogP contribution in [0.15, 0.2) is 0 Å². The van der Waals surface area contributed by atoms with Crippen LogP contribution in [0.2, 0.25) is 0 Å². The topological polar surface area (TPSA) is 55.4 Å². The third kappa shape index (κ3) is 4.77. The summed E-state index contributed by atoms with van der Waals surface area (Å²) in [6.07, 6.45) is -4.56. The highest BCUT2D eigenvalue weighted by atomic mass is 32.2. The highest BCUT2D eigenvalue weighted by molar-refractivity contribution is 7.90. The molecule has 0 aromatic carbocycles. The smallest absolute Gasteiger partial charge is 0.278 e. The predicted molar refractivity (Wildman–Crippen MR) is 43.8 cm³/mol. The van der Waals surface area contributed by atoms with Gasteiger partial charge in [0.05, 0.1) is 4.75 Å². The molecule has 0 radical (unpaired) electrons. The molecule has 0 bridgehead atoms. The number of halogens is 3. The van der Waals surface area contributed by atoms with E-state index in [0.29, 0.717) is 0 Å². The Kier molecular flexibility index (Phi) is 3.93. The fourth-order valence-electron chi connectivity index (χ4n) is 0.314. The van der Waals surface area contributed by atoms with Crippen LogP contribution in [-0.4, -0.2) is 25.9 Å². The van der Waals surface area contributed by atoms with Crippen molar-refractivity contribution in [1.82, 2.24) is 4.89 Å². The van der Waals surface area contributed by atoms with Gasteiger partial charge in [-0.15, -0.1) is 0 Å². The summed E-state index contributed by atoms with van der Waals surface area (Å²) in [5.41, 5.74) is 0. The molecule has 0 aliphatic heterocycles. The molecule has 4 nitrogen and oxygen atoms in total. The van der Waals surface area contributed by atoms with Gasteiger partial charge >= 0.3 is 6.18 Å². The van der Waals surface area contributed by atoms with Crippen molar-refractivity contribution in [2.24, 2.45) is 0 Å². The summed E-state index contributed by atoms with van der Waals surface area (Å²) in [6, 6.07) is 0. The summed E-state index contributed by atoms with van der Waals surface area (Å²) in [6.45, 7) is 2.37. The molecule has 0 aliphatic rings. The summed E-state index contributed by atoms with van der Waals surface area (Å²) in [4.78, 5) is 5.23. The molecule has 0 aromatic heterocycles. The number of rotatable bonds is 3. The predicted octanol–water partition coefficient (Wildman–Crippen LogP) is 1.20. The summed E-state index contributed by atoms with van der Waals surface area (Å²) >= 11 is 0. The molecule has 0 unspecified atom stereocenters. The molecule has 0 aliphatic carbocycles. The van der Waals surface area contributed by atoms with E-state index in [1.165, 1.54) is 25.7 Å². The minimum absolute atomic E-state index is 1.21. The SMILES string of the molecule is CC(C)(C)S(=O)(=O)NOCC(F)(F)F. The fourth-order valence-corrected chi connectivity index (χ4v) is 0.778. The Morgan fingerprint density at radius 1 is 1.21 bits per heavy atom. The van der Waals surface area contributed by atoms with Gasteiger partial charge in [0, 0.05) is 0 Å². The lowest BCUT2D eigenvalue weighted by Crippen LogP contribution is -2.40. The van der Waals surface area contributed by atoms with Gasteiger partial charge in [-0.05, 0) is 20.8 Å². The van der Waals surface area contributed by atoms with Gasteiger partial charge in [-0.25, -0.2) is 8.42 Å². The van der Waals surface area contributed by atoms with Crippen molar-refractivity contribution in [1.29, 1.82) is 0 Å². The maximum absolute atomic E-state index is 11.6. The van der Waals surface area contributed by atoms with Crippen LogP contribution in [0.5, 0.6) is 0 Å². The zero-order valence-electron chi connectivity index (χ0n) is 7.97. The maximum atomic E-state index is 11.6. The highest BCUT2D eigenvalue weighted by Gasteiger charge is 2.32. The van der Waals surface area contributed by atoms with Crippen molar-refractivity contribution in [3.63, 3.8) is 0 Å². The molecule has 0 heterocycles. The van der Waals surface area contributed by atoms with E-state index in [2.05, 4.69) is 4.84 Å². The van der Waals surface area contributed by atoms with Crippen molar-refractivity contribution in [2.45, 2.75) is 31.7 Å². The van der Waals surface area contributed by atoms with Crippen molar-refractivity contribution in [2.75, 3.05) is 6.61 Å². The van der Waals surface area contributed by atoms with E-state index in [0.717, 1.165) is 0 Å². The first kappa shape index (κ1) is 13.7. The number of alkyl halides is 3. The molecule has 0 amide bonds. The van der Waals surface area contributed by atoms with Crippen molar-refractivity contribution in [3.05, 3.63) is 0 Å². The normalized spacial score (nSPS) is 14.4. The molecule has 0 saturated heterocycles. The lowest BCUT2D eigenvalue weighted by molar-refractivity contribution is -0.181. The summed E-state index contributed by atoms with van der Waals surface area (Å²) in [5.74, 6) is 0. The molecule has 8 heteroatoms. The van der Waals surface area contributed by atoms with Gasteiger partial charge in [-0.2, -0.15) is 13.2 Å². The van der Waals surface area contributed by atoms with Crippen LogP contribution in [-0.2, 0) is 14.9 Å². The van der Waals surface area contributed by atoms with Crippen LogP contribution in [0.1, 0.15) is 20.8 Å². The zero-order chi connectivity index (χ0) is 11.6. The van der Waals surface area contributed by atoms with Crippen molar-refractivity contribution < 1.29 is 26.4 Å². The second-order valence-corrected chi connectivity index (χ2v) is 6.00. The zero-order valence-corrected chi connectivity index (χ0v) is 8.79. The van der Waals surface area contributed by atoms with Gasteiger partial charge in [0.1, 0.15) is 0 Å². The van der Waals surface area contributed by atoms with Crippen molar-refractivity contribution >= 4 is 10.0 Å². The Bertz CT molecular complexity index is 278. The van der Waals surface area contributed by atoms with E-state index in [1.54, 1.807) is 0 Å². The first-order valence-electron chi connectivity index (χ1n) is 3.65. The third-order valence-electron chi connectivity index (χ3n) is 1.21. The van der Waals surface area contributed by atoms with Gasteiger partial charge in [-0.3, -0.25) is 4.84 Å². The molecule has 0 fully saturated rings. The number of sulfonamides is 1. The summed E-state index contributed by atoms with van der Waals surface area (Å²) < 4.78 is 55.8. The van der Waals surface area contributed by atoms with Crippen LogP contribution >= 0.6 is 0 Å². The number of nitrogens with one attached hydrogen (secondary N) is 1.